The van der Waals surface area contributed by atoms with Crippen molar-refractivity contribution in [3.8, 4) is 0 Å². The minimum atomic E-state index is -5.02. The van der Waals surface area contributed by atoms with Crippen molar-refractivity contribution < 1.29 is 95.5 Å². The lowest BCUT2D eigenvalue weighted by Gasteiger charge is -2.50. The molecule has 11 rings (SSSR count). The van der Waals surface area contributed by atoms with Crippen molar-refractivity contribution in [1.82, 2.24) is 5.32 Å². The standard InChI is InChI=1S/C48H50NO21P5/c1-32(50)49-43-44(66-71(51)56-22-33-12-2-3-13-34(33)23-57-71)46(68-73(53)60-26-37-16-6-7-17-38(37)27-61-73)48(70-75(55)64-30-41-20-10-11-21-42(41)31-65-75)47(69-74(54)62-28-39-18-8-9-19-40(39)29-63-74)45(43)67-72(52)58-24-35-14-4-5-15-36(35)25-59-72/h2-21,43-48H,22-31H2,1H3,(H,49,50)/t43?,44-,45-,46-,47+,48?/m0/s1. The predicted molar refractivity (Wildman–Crippen MR) is 260 cm³/mol. The van der Waals surface area contributed by atoms with Crippen molar-refractivity contribution in [1.29, 1.82) is 0 Å². The summed E-state index contributed by atoms with van der Waals surface area (Å²) in [6, 6.07) is 32.7. The van der Waals surface area contributed by atoms with Crippen LogP contribution in [0.15, 0.2) is 121 Å². The van der Waals surface area contributed by atoms with Gasteiger partial charge in [0.05, 0.1) is 72.1 Å². The van der Waals surface area contributed by atoms with Crippen molar-refractivity contribution >= 4 is 45.0 Å². The Bertz CT molecular complexity index is 2880. The molecule has 5 aromatic carbocycles. The molecule has 0 bridgehead atoms. The molecular weight excluding hydrogens is 1080 g/mol. The summed E-state index contributed by atoms with van der Waals surface area (Å²) in [5, 5.41) is 2.69. The number of fused-ring (bicyclic) bond motifs is 5. The number of phosphoric acid groups is 5. The van der Waals surface area contributed by atoms with Crippen molar-refractivity contribution in [3.63, 3.8) is 0 Å². The molecule has 1 fully saturated rings. The first-order valence-corrected chi connectivity index (χ1v) is 30.9. The summed E-state index contributed by atoms with van der Waals surface area (Å²) in [5.41, 5.74) is 5.85. The molecule has 6 aliphatic rings. The summed E-state index contributed by atoms with van der Waals surface area (Å²) in [6.07, 6.45) is -10.9. The Morgan fingerprint density at radius 3 is 0.667 bits per heavy atom. The quantitative estimate of drug-likeness (QED) is 0.121. The molecule has 5 aliphatic heterocycles. The second kappa shape index (κ2) is 22.1. The molecule has 0 aromatic heterocycles. The van der Waals surface area contributed by atoms with Gasteiger partial charge in [0.2, 0.25) is 5.91 Å². The van der Waals surface area contributed by atoms with Gasteiger partial charge in [-0.3, -0.25) is 72.7 Å². The molecule has 27 heteroatoms. The van der Waals surface area contributed by atoms with Gasteiger partial charge in [-0.25, -0.2) is 22.8 Å². The highest BCUT2D eigenvalue weighted by Crippen LogP contribution is 2.65. The fraction of sp³-hybridized carbons (Fsp3) is 0.354. The van der Waals surface area contributed by atoms with Gasteiger partial charge in [-0.2, -0.15) is 0 Å². The predicted octanol–water partition coefficient (Wildman–Crippen LogP) is 10.7. The summed E-state index contributed by atoms with van der Waals surface area (Å²) >= 11 is 0. The molecule has 75 heavy (non-hydrogen) atoms. The van der Waals surface area contributed by atoms with Crippen LogP contribution in [0, 0.1) is 0 Å². The molecule has 22 nitrogen and oxygen atoms in total. The third-order valence-corrected chi connectivity index (χ3v) is 20.0. The lowest BCUT2D eigenvalue weighted by atomic mass is 9.83. The highest BCUT2D eigenvalue weighted by atomic mass is 31.2. The summed E-state index contributed by atoms with van der Waals surface area (Å²) in [5.74, 6) is -0.824. The van der Waals surface area contributed by atoms with Crippen LogP contribution < -0.4 is 5.32 Å². The Hall–Kier alpha value is -3.88. The fourth-order valence-electron chi connectivity index (χ4n) is 9.08. The molecule has 1 saturated carbocycles. The minimum Gasteiger partial charge on any atom is -0.348 e. The molecule has 0 radical (unpaired) electrons. The largest absolute Gasteiger partial charge is 0.475 e. The van der Waals surface area contributed by atoms with Crippen molar-refractivity contribution in [2.45, 2.75) is 110 Å². The van der Waals surface area contributed by atoms with Crippen LogP contribution in [0.3, 0.4) is 0 Å². The first-order chi connectivity index (χ1) is 36.1. The summed E-state index contributed by atoms with van der Waals surface area (Å²) in [7, 11) is -24.9. The van der Waals surface area contributed by atoms with Gasteiger partial charge < -0.3 is 5.32 Å². The summed E-state index contributed by atoms with van der Waals surface area (Å²) < 4.78 is 168. The first-order valence-electron chi connectivity index (χ1n) is 23.6. The highest BCUT2D eigenvalue weighted by molar-refractivity contribution is 7.49. The average Bonchev–Trinajstić information content (AvgIpc) is 3.91. The molecule has 6 atom stereocenters. The monoisotopic (exact) mass is 1130 g/mol. The van der Waals surface area contributed by atoms with Gasteiger partial charge >= 0.3 is 39.1 Å². The number of phosphoric ester groups is 5. The lowest BCUT2D eigenvalue weighted by Crippen LogP contribution is -2.70. The van der Waals surface area contributed by atoms with Gasteiger partial charge in [0, 0.05) is 6.92 Å². The molecule has 1 N–H and O–H groups in total. The third-order valence-electron chi connectivity index (χ3n) is 13.0. The zero-order valence-electron chi connectivity index (χ0n) is 39.9. The number of hydrogen-bond acceptors (Lipinski definition) is 21. The zero-order valence-corrected chi connectivity index (χ0v) is 44.4. The van der Waals surface area contributed by atoms with E-state index in [-0.39, 0.29) is 66.1 Å². The van der Waals surface area contributed by atoms with E-state index < -0.39 is 81.6 Å². The van der Waals surface area contributed by atoms with Crippen LogP contribution in [-0.2, 0) is 162 Å². The van der Waals surface area contributed by atoms with Crippen LogP contribution in [0.25, 0.3) is 0 Å². The molecular formula is C48H50NO21P5. The van der Waals surface area contributed by atoms with E-state index in [1.165, 1.54) is 0 Å². The number of nitrogens with one attached hydrogen (secondary N) is 1. The molecule has 1 amide bonds. The third kappa shape index (κ3) is 12.1. The number of hydrogen-bond donors (Lipinski definition) is 1. The van der Waals surface area contributed by atoms with E-state index >= 15 is 22.8 Å². The normalized spacial score (nSPS) is 27.3. The second-order valence-corrected chi connectivity index (χ2v) is 26.0. The van der Waals surface area contributed by atoms with Crippen LogP contribution in [0.5, 0.6) is 0 Å². The number of benzene rings is 5. The van der Waals surface area contributed by atoms with E-state index in [0.29, 0.717) is 55.6 Å². The van der Waals surface area contributed by atoms with Gasteiger partial charge in [0.25, 0.3) is 0 Å². The van der Waals surface area contributed by atoms with E-state index in [4.69, 9.17) is 67.9 Å². The topological polar surface area (TPSA) is 253 Å². The molecule has 2 unspecified atom stereocenters. The maximum atomic E-state index is 15.4. The Morgan fingerprint density at radius 2 is 0.493 bits per heavy atom. The number of carbonyl (C=O) groups excluding carboxylic acids is 1. The van der Waals surface area contributed by atoms with Gasteiger partial charge in [-0.1, -0.05) is 121 Å². The van der Waals surface area contributed by atoms with Crippen LogP contribution in [0.4, 0.5) is 0 Å². The first kappa shape index (κ1) is 53.1. The minimum absolute atomic E-state index is 0.319. The van der Waals surface area contributed by atoms with Gasteiger partial charge in [0.1, 0.15) is 30.5 Å². The molecule has 0 saturated heterocycles. The van der Waals surface area contributed by atoms with Crippen LogP contribution >= 0.6 is 39.1 Å². The number of rotatable bonds is 11. The molecule has 398 valence electrons. The van der Waals surface area contributed by atoms with Crippen LogP contribution in [-0.4, -0.2) is 42.5 Å². The summed E-state index contributed by atoms with van der Waals surface area (Å²) in [4.78, 5) is 13.7. The molecule has 5 heterocycles. The molecule has 0 spiro atoms. The second-order valence-electron chi connectivity index (χ2n) is 17.9. The smallest absolute Gasteiger partial charge is 0.348 e. The highest BCUT2D eigenvalue weighted by Gasteiger charge is 2.64. The average molecular weight is 1130 g/mol. The number of carbonyl (C=O) groups is 1. The van der Waals surface area contributed by atoms with Crippen LogP contribution in [0.1, 0.15) is 62.6 Å². The fourth-order valence-corrected chi connectivity index (χ4v) is 15.7. The van der Waals surface area contributed by atoms with E-state index in [1.807, 2.05) is 0 Å². The van der Waals surface area contributed by atoms with Gasteiger partial charge in [0.15, 0.2) is 0 Å². The van der Waals surface area contributed by atoms with E-state index in [2.05, 4.69) is 5.32 Å². The van der Waals surface area contributed by atoms with E-state index in [9.17, 15) is 4.79 Å². The van der Waals surface area contributed by atoms with Gasteiger partial charge in [-0.05, 0) is 55.6 Å². The van der Waals surface area contributed by atoms with E-state index in [1.54, 1.807) is 121 Å². The molecule has 1 aliphatic carbocycles. The van der Waals surface area contributed by atoms with Crippen molar-refractivity contribution in [2.24, 2.45) is 0 Å². The zero-order chi connectivity index (χ0) is 51.8. The maximum Gasteiger partial charge on any atom is 0.475 e. The number of amides is 1. The summed E-state index contributed by atoms with van der Waals surface area (Å²) in [6.45, 7) is -2.18. The van der Waals surface area contributed by atoms with Crippen molar-refractivity contribution in [3.05, 3.63) is 177 Å². The lowest BCUT2D eigenvalue weighted by molar-refractivity contribution is -0.181. The SMILES string of the molecule is CC(=O)NC1[C@H](OP2(=O)OCc3ccccc3CO2)[C@H](OP2(=O)OCc3ccccc3CO2)C(OP2(=O)OCc3ccccc3CO2)[C@H](OP2(=O)OCc3ccccc3CO2)[C@H]1OP1(=O)OCc2ccccc2CO1. The van der Waals surface area contributed by atoms with Crippen LogP contribution in [0.2, 0.25) is 0 Å². The Morgan fingerprint density at radius 1 is 0.333 bits per heavy atom. The Balaban J connectivity index is 1.07. The Kier molecular flexibility index (Phi) is 15.7. The molecule has 5 aromatic rings. The van der Waals surface area contributed by atoms with Gasteiger partial charge in [-0.15, -0.1) is 0 Å². The maximum absolute atomic E-state index is 15.4. The Labute approximate surface area is 430 Å². The van der Waals surface area contributed by atoms with E-state index in [0.717, 1.165) is 6.92 Å². The van der Waals surface area contributed by atoms with Crippen molar-refractivity contribution in [2.75, 3.05) is 0 Å².